The molecule has 0 aromatic rings. The van der Waals surface area contributed by atoms with Gasteiger partial charge in [-0.05, 0) is 12.0 Å². The molecule has 2 nitrogen and oxygen atoms in total. The van der Waals surface area contributed by atoms with Crippen LogP contribution in [0.25, 0.3) is 0 Å². The number of aliphatic hydroxyl groups is 2. The van der Waals surface area contributed by atoms with E-state index in [9.17, 15) is 0 Å². The van der Waals surface area contributed by atoms with Crippen LogP contribution in [-0.4, -0.2) is 10.2 Å². The summed E-state index contributed by atoms with van der Waals surface area (Å²) in [7, 11) is 0. The van der Waals surface area contributed by atoms with Gasteiger partial charge in [0.1, 0.15) is 5.76 Å². The molecule has 0 fully saturated rings. The molecule has 0 heterocycles. The van der Waals surface area contributed by atoms with Crippen molar-refractivity contribution in [1.82, 2.24) is 0 Å². The highest BCUT2D eigenvalue weighted by Gasteiger charge is 1.97. The number of allylic oxidation sites excluding steroid dienone is 2. The predicted octanol–water partition coefficient (Wildman–Crippen LogP) is 2.47. The largest absolute Gasteiger partial charge is 0.513 e. The highest BCUT2D eigenvalue weighted by molar-refractivity contribution is 5.18. The molecule has 2 N–H and O–H groups in total. The molecule has 10 heavy (non-hydrogen) atoms. The zero-order chi connectivity index (χ0) is 8.15. The van der Waals surface area contributed by atoms with Gasteiger partial charge in [-0.3, -0.25) is 0 Å². The average molecular weight is 140 g/mol. The Morgan fingerprint density at radius 3 is 1.80 bits per heavy atom. The molecule has 0 aliphatic rings. The van der Waals surface area contributed by atoms with Crippen molar-refractivity contribution in [3.05, 3.63) is 36.8 Å². The van der Waals surface area contributed by atoms with Crippen LogP contribution in [0.2, 0.25) is 0 Å². The van der Waals surface area contributed by atoms with E-state index in [1.807, 2.05) is 0 Å². The van der Waals surface area contributed by atoms with E-state index in [2.05, 4.69) is 19.7 Å². The summed E-state index contributed by atoms with van der Waals surface area (Å²) in [5.74, 6) is 0.0728. The van der Waals surface area contributed by atoms with Crippen molar-refractivity contribution in [3.63, 3.8) is 0 Å². The highest BCUT2D eigenvalue weighted by atomic mass is 16.3. The summed E-state index contributed by atoms with van der Waals surface area (Å²) < 4.78 is 0. The second-order valence-electron chi connectivity index (χ2n) is 2.12. The van der Waals surface area contributed by atoms with E-state index in [0.29, 0.717) is 18.4 Å². The molecule has 0 radical (unpaired) electrons. The Bertz CT molecular complexity index is 168. The first-order valence-corrected chi connectivity index (χ1v) is 2.96. The molecule has 0 atom stereocenters. The lowest BCUT2D eigenvalue weighted by molar-refractivity contribution is 0.385. The Kier molecular flexibility index (Phi) is 3.33. The van der Waals surface area contributed by atoms with Gasteiger partial charge in [-0.25, -0.2) is 0 Å². The summed E-state index contributed by atoms with van der Waals surface area (Å²) in [6.45, 7) is 10.1. The summed E-state index contributed by atoms with van der Waals surface area (Å²) in [5, 5.41) is 17.4. The molecule has 0 rings (SSSR count). The van der Waals surface area contributed by atoms with Gasteiger partial charge >= 0.3 is 0 Å². The topological polar surface area (TPSA) is 40.5 Å². The highest BCUT2D eigenvalue weighted by Crippen LogP contribution is 2.11. The summed E-state index contributed by atoms with van der Waals surface area (Å²) in [6, 6.07) is 0. The molecule has 0 amide bonds. The van der Waals surface area contributed by atoms with Gasteiger partial charge < -0.3 is 10.2 Å². The lowest BCUT2D eigenvalue weighted by atomic mass is 10.1. The average Bonchev–Trinajstić information content (AvgIpc) is 1.82. The SMILES string of the molecule is C=C(O)CCC(=C)C(=C)O. The third-order valence-electron chi connectivity index (χ3n) is 1.12. The minimum Gasteiger partial charge on any atom is -0.513 e. The maximum atomic E-state index is 8.73. The van der Waals surface area contributed by atoms with Crippen LogP contribution in [0.5, 0.6) is 0 Å². The van der Waals surface area contributed by atoms with Crippen LogP contribution in [0.15, 0.2) is 36.8 Å². The van der Waals surface area contributed by atoms with Gasteiger partial charge in [0.25, 0.3) is 0 Å². The summed E-state index contributed by atoms with van der Waals surface area (Å²) in [5.41, 5.74) is 0.537. The third-order valence-corrected chi connectivity index (χ3v) is 1.12. The number of rotatable bonds is 4. The number of hydrogen-bond donors (Lipinski definition) is 2. The van der Waals surface area contributed by atoms with Crippen LogP contribution in [0.4, 0.5) is 0 Å². The van der Waals surface area contributed by atoms with Crippen LogP contribution in [0, 0.1) is 0 Å². The van der Waals surface area contributed by atoms with Gasteiger partial charge in [0, 0.05) is 6.42 Å². The van der Waals surface area contributed by atoms with Crippen LogP contribution in [-0.2, 0) is 0 Å². The van der Waals surface area contributed by atoms with Crippen LogP contribution in [0.1, 0.15) is 12.8 Å². The number of hydrogen-bond acceptors (Lipinski definition) is 2. The van der Waals surface area contributed by atoms with Crippen LogP contribution >= 0.6 is 0 Å². The molecule has 0 aliphatic carbocycles. The first-order chi connectivity index (χ1) is 4.54. The van der Waals surface area contributed by atoms with Gasteiger partial charge in [0.05, 0.1) is 5.76 Å². The monoisotopic (exact) mass is 140 g/mol. The van der Waals surface area contributed by atoms with E-state index in [4.69, 9.17) is 10.2 Å². The van der Waals surface area contributed by atoms with Gasteiger partial charge in [-0.2, -0.15) is 0 Å². The van der Waals surface area contributed by atoms with Gasteiger partial charge in [0.15, 0.2) is 0 Å². The zero-order valence-corrected chi connectivity index (χ0v) is 5.93. The Balaban J connectivity index is 3.60. The molecule has 0 aliphatic heterocycles. The molecule has 0 bridgehead atoms. The van der Waals surface area contributed by atoms with E-state index in [-0.39, 0.29) is 11.5 Å². The van der Waals surface area contributed by atoms with Crippen molar-refractivity contribution in [2.45, 2.75) is 12.8 Å². The van der Waals surface area contributed by atoms with Gasteiger partial charge in [-0.1, -0.05) is 19.7 Å². The van der Waals surface area contributed by atoms with E-state index in [1.165, 1.54) is 0 Å². The van der Waals surface area contributed by atoms with E-state index >= 15 is 0 Å². The number of aliphatic hydroxyl groups excluding tert-OH is 2. The fourth-order valence-corrected chi connectivity index (χ4v) is 0.439. The third kappa shape index (κ3) is 3.78. The first kappa shape index (κ1) is 8.82. The van der Waals surface area contributed by atoms with Crippen LogP contribution < -0.4 is 0 Å². The quantitative estimate of drug-likeness (QED) is 0.465. The fraction of sp³-hybridized carbons (Fsp3) is 0.250. The Morgan fingerprint density at radius 1 is 1.00 bits per heavy atom. The van der Waals surface area contributed by atoms with Gasteiger partial charge in [0.2, 0.25) is 0 Å². The molecule has 0 unspecified atom stereocenters. The van der Waals surface area contributed by atoms with Gasteiger partial charge in [-0.15, -0.1) is 0 Å². The van der Waals surface area contributed by atoms with Crippen LogP contribution in [0.3, 0.4) is 0 Å². The molecular weight excluding hydrogens is 128 g/mol. The summed E-state index contributed by atoms with van der Waals surface area (Å²) >= 11 is 0. The smallest absolute Gasteiger partial charge is 0.111 e. The second kappa shape index (κ2) is 3.77. The van der Waals surface area contributed by atoms with Crippen molar-refractivity contribution in [2.75, 3.05) is 0 Å². The van der Waals surface area contributed by atoms with Crippen molar-refractivity contribution in [2.24, 2.45) is 0 Å². The summed E-state index contributed by atoms with van der Waals surface area (Å²) in [6.07, 6.45) is 0.934. The Hall–Kier alpha value is -1.18. The lowest BCUT2D eigenvalue weighted by Gasteiger charge is -2.00. The van der Waals surface area contributed by atoms with E-state index < -0.39 is 0 Å². The first-order valence-electron chi connectivity index (χ1n) is 2.96. The molecular formula is C8H12O2. The van der Waals surface area contributed by atoms with Crippen molar-refractivity contribution in [1.29, 1.82) is 0 Å². The zero-order valence-electron chi connectivity index (χ0n) is 5.93. The molecule has 0 aromatic heterocycles. The molecule has 0 saturated carbocycles. The molecule has 56 valence electrons. The maximum Gasteiger partial charge on any atom is 0.111 e. The Morgan fingerprint density at radius 2 is 1.50 bits per heavy atom. The minimum atomic E-state index is -0.0266. The Labute approximate surface area is 60.8 Å². The normalized spacial score (nSPS) is 8.80. The molecule has 0 spiro atoms. The van der Waals surface area contributed by atoms with E-state index in [1.54, 1.807) is 0 Å². The van der Waals surface area contributed by atoms with E-state index in [0.717, 1.165) is 0 Å². The lowest BCUT2D eigenvalue weighted by Crippen LogP contribution is -1.86. The molecule has 0 aromatic carbocycles. The second-order valence-corrected chi connectivity index (χ2v) is 2.12. The maximum absolute atomic E-state index is 8.73. The molecule has 0 saturated heterocycles. The van der Waals surface area contributed by atoms with Crippen molar-refractivity contribution >= 4 is 0 Å². The van der Waals surface area contributed by atoms with Crippen molar-refractivity contribution in [3.8, 4) is 0 Å². The molecule has 2 heteroatoms. The summed E-state index contributed by atoms with van der Waals surface area (Å²) in [4.78, 5) is 0. The van der Waals surface area contributed by atoms with Crippen molar-refractivity contribution < 1.29 is 10.2 Å². The standard InChI is InChI=1S/C8H12O2/c1-6(8(3)10)4-5-7(2)9/h9-10H,1-5H2. The fourth-order valence-electron chi connectivity index (χ4n) is 0.439. The predicted molar refractivity (Wildman–Crippen MR) is 41.9 cm³/mol. The minimum absolute atomic E-state index is 0.0266.